The van der Waals surface area contributed by atoms with Crippen molar-refractivity contribution in [2.45, 2.75) is 45.7 Å². The Balaban J connectivity index is 1.95. The number of hydrogen-bond acceptors (Lipinski definition) is 4. The van der Waals surface area contributed by atoms with Crippen LogP contribution in [0.1, 0.15) is 37.6 Å². The van der Waals surface area contributed by atoms with Crippen molar-refractivity contribution in [2.24, 2.45) is 0 Å². The van der Waals surface area contributed by atoms with Crippen LogP contribution >= 0.6 is 0 Å². The van der Waals surface area contributed by atoms with E-state index in [2.05, 4.69) is 22.2 Å². The number of nitrogens with zero attached hydrogens (tertiary/aromatic N) is 3. The minimum Gasteiger partial charge on any atom is -0.335 e. The number of piperidine rings is 1. The first-order valence-corrected chi connectivity index (χ1v) is 7.00. The van der Waals surface area contributed by atoms with E-state index in [0.717, 1.165) is 43.7 Å². The van der Waals surface area contributed by atoms with E-state index in [1.165, 1.54) is 0 Å². The lowest BCUT2D eigenvalue weighted by molar-refractivity contribution is -0.136. The van der Waals surface area contributed by atoms with Gasteiger partial charge in [0, 0.05) is 12.7 Å². The van der Waals surface area contributed by atoms with Gasteiger partial charge in [0.1, 0.15) is 0 Å². The first kappa shape index (κ1) is 13.9. The Morgan fingerprint density at radius 2 is 2.26 bits per heavy atom. The Morgan fingerprint density at radius 1 is 1.42 bits per heavy atom. The standard InChI is InChI=1S/C14H22N4O/c1-3-6-15-13-5-4-7-18(14(13)19)10-12-9-16-11(2)8-17-12/h8-9,13,15H,3-7,10H2,1-2H3. The van der Waals surface area contributed by atoms with Gasteiger partial charge in [0.15, 0.2) is 0 Å². The van der Waals surface area contributed by atoms with Gasteiger partial charge in [-0.1, -0.05) is 6.92 Å². The first-order valence-electron chi connectivity index (χ1n) is 7.00. The number of carbonyl (C=O) groups excluding carboxylic acids is 1. The van der Waals surface area contributed by atoms with Gasteiger partial charge in [0.05, 0.1) is 30.2 Å². The lowest BCUT2D eigenvalue weighted by atomic mass is 10.0. The molecule has 5 nitrogen and oxygen atoms in total. The highest BCUT2D eigenvalue weighted by atomic mass is 16.2. The van der Waals surface area contributed by atoms with Crippen LogP contribution in [0.3, 0.4) is 0 Å². The first-order chi connectivity index (χ1) is 9.20. The lowest BCUT2D eigenvalue weighted by Gasteiger charge is -2.32. The second-order valence-corrected chi connectivity index (χ2v) is 5.06. The zero-order chi connectivity index (χ0) is 13.7. The van der Waals surface area contributed by atoms with E-state index in [9.17, 15) is 4.79 Å². The predicted molar refractivity (Wildman–Crippen MR) is 73.5 cm³/mol. The molecule has 1 aliphatic heterocycles. The van der Waals surface area contributed by atoms with Crippen molar-refractivity contribution >= 4 is 5.91 Å². The molecule has 0 radical (unpaired) electrons. The summed E-state index contributed by atoms with van der Waals surface area (Å²) in [6.07, 6.45) is 6.54. The van der Waals surface area contributed by atoms with E-state index in [-0.39, 0.29) is 11.9 Å². The van der Waals surface area contributed by atoms with Gasteiger partial charge in [-0.25, -0.2) is 0 Å². The molecule has 0 aromatic carbocycles. The Kier molecular flexibility index (Phi) is 4.85. The van der Waals surface area contributed by atoms with Crippen LogP contribution in [-0.2, 0) is 11.3 Å². The fraction of sp³-hybridized carbons (Fsp3) is 0.643. The zero-order valence-electron chi connectivity index (χ0n) is 11.7. The molecule has 19 heavy (non-hydrogen) atoms. The number of amides is 1. The Labute approximate surface area is 114 Å². The molecule has 1 aromatic rings. The fourth-order valence-electron chi connectivity index (χ4n) is 2.30. The molecule has 1 amide bonds. The van der Waals surface area contributed by atoms with Crippen LogP contribution < -0.4 is 5.32 Å². The molecule has 1 N–H and O–H groups in total. The fourth-order valence-corrected chi connectivity index (χ4v) is 2.30. The summed E-state index contributed by atoms with van der Waals surface area (Å²) >= 11 is 0. The normalized spacial score (nSPS) is 19.8. The highest BCUT2D eigenvalue weighted by Crippen LogP contribution is 2.14. The van der Waals surface area contributed by atoms with Gasteiger partial charge in [0.25, 0.3) is 0 Å². The number of carbonyl (C=O) groups is 1. The Bertz CT molecular complexity index is 418. The minimum absolute atomic E-state index is 0.0212. The van der Waals surface area contributed by atoms with Crippen LogP contribution in [-0.4, -0.2) is 39.9 Å². The third-order valence-corrected chi connectivity index (χ3v) is 3.36. The van der Waals surface area contributed by atoms with Gasteiger partial charge in [-0.05, 0) is 32.7 Å². The highest BCUT2D eigenvalue weighted by Gasteiger charge is 2.28. The molecule has 0 aliphatic carbocycles. The lowest BCUT2D eigenvalue weighted by Crippen LogP contribution is -2.50. The number of hydrogen-bond donors (Lipinski definition) is 1. The van der Waals surface area contributed by atoms with E-state index in [0.29, 0.717) is 6.54 Å². The second-order valence-electron chi connectivity index (χ2n) is 5.06. The smallest absolute Gasteiger partial charge is 0.240 e. The van der Waals surface area contributed by atoms with Crippen molar-refractivity contribution in [3.05, 3.63) is 23.8 Å². The SMILES string of the molecule is CCCNC1CCCN(Cc2cnc(C)cn2)C1=O. The highest BCUT2D eigenvalue weighted by molar-refractivity contribution is 5.82. The molecule has 1 aliphatic rings. The zero-order valence-corrected chi connectivity index (χ0v) is 11.7. The van der Waals surface area contributed by atoms with Crippen LogP contribution in [0.25, 0.3) is 0 Å². The monoisotopic (exact) mass is 262 g/mol. The van der Waals surface area contributed by atoms with Crippen molar-refractivity contribution in [3.8, 4) is 0 Å². The molecular weight excluding hydrogens is 240 g/mol. The number of rotatable bonds is 5. The molecular formula is C14H22N4O. The average molecular weight is 262 g/mol. The third-order valence-electron chi connectivity index (χ3n) is 3.36. The largest absolute Gasteiger partial charge is 0.335 e. The van der Waals surface area contributed by atoms with E-state index >= 15 is 0 Å². The molecule has 1 saturated heterocycles. The van der Waals surface area contributed by atoms with Crippen LogP contribution in [0.15, 0.2) is 12.4 Å². The molecule has 0 bridgehead atoms. The van der Waals surface area contributed by atoms with Crippen molar-refractivity contribution in [2.75, 3.05) is 13.1 Å². The molecule has 5 heteroatoms. The summed E-state index contributed by atoms with van der Waals surface area (Å²) in [5.74, 6) is 0.196. The van der Waals surface area contributed by atoms with E-state index < -0.39 is 0 Å². The number of aryl methyl sites for hydroxylation is 1. The van der Waals surface area contributed by atoms with Crippen LogP contribution in [0.4, 0.5) is 0 Å². The van der Waals surface area contributed by atoms with Gasteiger partial charge < -0.3 is 10.2 Å². The number of nitrogens with one attached hydrogen (secondary N) is 1. The van der Waals surface area contributed by atoms with Crippen molar-refractivity contribution in [3.63, 3.8) is 0 Å². The summed E-state index contributed by atoms with van der Waals surface area (Å²) in [6, 6.07) is -0.0212. The second kappa shape index (κ2) is 6.61. The van der Waals surface area contributed by atoms with Crippen LogP contribution in [0.2, 0.25) is 0 Å². The number of likely N-dealkylation sites (tertiary alicyclic amines) is 1. The van der Waals surface area contributed by atoms with E-state index in [1.54, 1.807) is 12.4 Å². The summed E-state index contributed by atoms with van der Waals surface area (Å²) in [6.45, 7) is 6.30. The molecule has 104 valence electrons. The molecule has 1 aromatic heterocycles. The van der Waals surface area contributed by atoms with Gasteiger partial charge in [-0.2, -0.15) is 0 Å². The summed E-state index contributed by atoms with van der Waals surface area (Å²) < 4.78 is 0. The molecule has 1 atom stereocenters. The van der Waals surface area contributed by atoms with Gasteiger partial charge in [-0.3, -0.25) is 14.8 Å². The maximum atomic E-state index is 12.3. The molecule has 2 heterocycles. The summed E-state index contributed by atoms with van der Waals surface area (Å²) in [4.78, 5) is 22.7. The molecule has 0 spiro atoms. The summed E-state index contributed by atoms with van der Waals surface area (Å²) in [5, 5.41) is 3.32. The maximum Gasteiger partial charge on any atom is 0.240 e. The van der Waals surface area contributed by atoms with Crippen molar-refractivity contribution in [1.29, 1.82) is 0 Å². The Morgan fingerprint density at radius 3 is 2.95 bits per heavy atom. The van der Waals surface area contributed by atoms with E-state index in [4.69, 9.17) is 0 Å². The maximum absolute atomic E-state index is 12.3. The topological polar surface area (TPSA) is 58.1 Å². The van der Waals surface area contributed by atoms with Gasteiger partial charge >= 0.3 is 0 Å². The van der Waals surface area contributed by atoms with Gasteiger partial charge in [-0.15, -0.1) is 0 Å². The predicted octanol–water partition coefficient (Wildman–Crippen LogP) is 1.28. The summed E-state index contributed by atoms with van der Waals surface area (Å²) in [7, 11) is 0. The van der Waals surface area contributed by atoms with E-state index in [1.807, 2.05) is 11.8 Å². The number of aromatic nitrogens is 2. The summed E-state index contributed by atoms with van der Waals surface area (Å²) in [5.41, 5.74) is 1.76. The van der Waals surface area contributed by atoms with Crippen LogP contribution in [0.5, 0.6) is 0 Å². The molecule has 1 unspecified atom stereocenters. The average Bonchev–Trinajstić information content (AvgIpc) is 2.42. The molecule has 2 rings (SSSR count). The van der Waals surface area contributed by atoms with Crippen molar-refractivity contribution in [1.82, 2.24) is 20.2 Å². The minimum atomic E-state index is -0.0212. The van der Waals surface area contributed by atoms with Crippen molar-refractivity contribution < 1.29 is 4.79 Å². The quantitative estimate of drug-likeness (QED) is 0.868. The third kappa shape index (κ3) is 3.73. The van der Waals surface area contributed by atoms with Gasteiger partial charge in [0.2, 0.25) is 5.91 Å². The van der Waals surface area contributed by atoms with Crippen LogP contribution in [0, 0.1) is 6.92 Å². The molecule has 1 fully saturated rings. The molecule has 0 saturated carbocycles. The Hall–Kier alpha value is -1.49.